The Labute approximate surface area is 140 Å². The van der Waals surface area contributed by atoms with Crippen molar-refractivity contribution in [3.8, 4) is 5.69 Å². The van der Waals surface area contributed by atoms with Crippen LogP contribution in [0.2, 0.25) is 0 Å². The number of aryl methyl sites for hydroxylation is 1. The molecule has 3 aromatic rings. The van der Waals surface area contributed by atoms with Crippen LogP contribution in [0.25, 0.3) is 16.6 Å². The second-order valence-electron chi connectivity index (χ2n) is 7.08. The minimum absolute atomic E-state index is 0.194. The molecule has 24 heavy (non-hydrogen) atoms. The number of benzene rings is 2. The van der Waals surface area contributed by atoms with Gasteiger partial charge in [0.1, 0.15) is 5.82 Å². The van der Waals surface area contributed by atoms with E-state index in [4.69, 9.17) is 0 Å². The van der Waals surface area contributed by atoms with Gasteiger partial charge in [0, 0.05) is 37.1 Å². The van der Waals surface area contributed by atoms with Crippen LogP contribution in [0.15, 0.2) is 30.3 Å². The number of likely N-dealkylation sites (N-methyl/N-ethyl adjacent to an activating group) is 1. The van der Waals surface area contributed by atoms with E-state index in [2.05, 4.69) is 40.9 Å². The van der Waals surface area contributed by atoms with Gasteiger partial charge in [-0.15, -0.1) is 0 Å². The highest BCUT2D eigenvalue weighted by atomic mass is 19.1. The van der Waals surface area contributed by atoms with Crippen LogP contribution < -0.4 is 5.32 Å². The Morgan fingerprint density at radius 3 is 2.92 bits per heavy atom. The molecule has 0 unspecified atom stereocenters. The molecule has 0 atom stereocenters. The first kappa shape index (κ1) is 14.1. The maximum Gasteiger partial charge on any atom is 0.125 e. The second-order valence-corrected chi connectivity index (χ2v) is 7.08. The van der Waals surface area contributed by atoms with Gasteiger partial charge in [0.15, 0.2) is 0 Å². The minimum Gasteiger partial charge on any atom is -0.379 e. The summed E-state index contributed by atoms with van der Waals surface area (Å²) in [7, 11) is 2.18. The summed E-state index contributed by atoms with van der Waals surface area (Å²) in [4.78, 5) is 2.38. The minimum atomic E-state index is -0.194. The molecule has 0 amide bonds. The molecule has 0 bridgehead atoms. The fraction of sp³-hybridized carbons (Fsp3) is 0.300. The molecular weight excluding hydrogens is 301 g/mol. The van der Waals surface area contributed by atoms with Gasteiger partial charge in [0.2, 0.25) is 0 Å². The third kappa shape index (κ3) is 1.86. The first-order chi connectivity index (χ1) is 11.6. The van der Waals surface area contributed by atoms with E-state index in [1.807, 2.05) is 6.07 Å². The van der Waals surface area contributed by atoms with Crippen molar-refractivity contribution in [2.45, 2.75) is 26.4 Å². The summed E-state index contributed by atoms with van der Waals surface area (Å²) < 4.78 is 16.1. The molecule has 2 aliphatic rings. The van der Waals surface area contributed by atoms with E-state index in [1.165, 1.54) is 33.3 Å². The van der Waals surface area contributed by atoms with E-state index in [9.17, 15) is 4.39 Å². The standard InChI is InChI=1S/C20H20FN3/c1-12-7-13-10-22-17-9-14(21)3-4-19(17)24-18-5-6-23(2)11-16(18)15(8-12)20(13)24/h3-4,7-9,22H,5-6,10-11H2,1-2H3. The number of nitrogens with one attached hydrogen (secondary N) is 1. The summed E-state index contributed by atoms with van der Waals surface area (Å²) in [6, 6.07) is 9.64. The Hall–Kier alpha value is -2.33. The third-order valence-corrected chi connectivity index (χ3v) is 5.33. The number of nitrogens with zero attached hydrogens (tertiary/aromatic N) is 2. The lowest BCUT2D eigenvalue weighted by Gasteiger charge is -2.24. The van der Waals surface area contributed by atoms with Gasteiger partial charge in [0.05, 0.1) is 16.9 Å². The number of hydrogen-bond acceptors (Lipinski definition) is 2. The number of anilines is 1. The normalized spacial score (nSPS) is 16.5. The molecule has 2 aromatic carbocycles. The monoisotopic (exact) mass is 321 g/mol. The van der Waals surface area contributed by atoms with Gasteiger partial charge in [-0.2, -0.15) is 0 Å². The molecule has 1 N–H and O–H groups in total. The molecule has 0 spiro atoms. The predicted octanol–water partition coefficient (Wildman–Crippen LogP) is 3.99. The van der Waals surface area contributed by atoms with Crippen LogP contribution in [0.4, 0.5) is 10.1 Å². The van der Waals surface area contributed by atoms with Crippen LogP contribution in [0.3, 0.4) is 0 Å². The van der Waals surface area contributed by atoms with Gasteiger partial charge in [-0.3, -0.25) is 0 Å². The molecule has 0 fully saturated rings. The van der Waals surface area contributed by atoms with Crippen molar-refractivity contribution in [2.24, 2.45) is 0 Å². The Morgan fingerprint density at radius 2 is 2.04 bits per heavy atom. The highest BCUT2D eigenvalue weighted by Crippen LogP contribution is 2.39. The van der Waals surface area contributed by atoms with Gasteiger partial charge < -0.3 is 14.8 Å². The summed E-state index contributed by atoms with van der Waals surface area (Å²) in [5.41, 5.74) is 8.62. The zero-order valence-corrected chi connectivity index (χ0v) is 14.0. The van der Waals surface area contributed by atoms with E-state index in [1.54, 1.807) is 12.1 Å². The second kappa shape index (κ2) is 4.84. The van der Waals surface area contributed by atoms with Crippen LogP contribution in [0.1, 0.15) is 22.4 Å². The van der Waals surface area contributed by atoms with Crippen molar-refractivity contribution in [1.82, 2.24) is 9.47 Å². The van der Waals surface area contributed by atoms with Gasteiger partial charge in [0.25, 0.3) is 0 Å². The number of aromatic nitrogens is 1. The summed E-state index contributed by atoms with van der Waals surface area (Å²) in [5, 5.41) is 4.78. The molecule has 1 aromatic heterocycles. The number of rotatable bonds is 0. The summed E-state index contributed by atoms with van der Waals surface area (Å²) >= 11 is 0. The molecule has 2 aliphatic heterocycles. The third-order valence-electron chi connectivity index (χ3n) is 5.33. The fourth-order valence-corrected chi connectivity index (χ4v) is 4.29. The number of fused-ring (bicyclic) bond motifs is 5. The van der Waals surface area contributed by atoms with Crippen LogP contribution in [-0.2, 0) is 19.5 Å². The summed E-state index contributed by atoms with van der Waals surface area (Å²) in [6.07, 6.45) is 1.02. The average molecular weight is 321 g/mol. The van der Waals surface area contributed by atoms with Gasteiger partial charge in [-0.1, -0.05) is 11.6 Å². The van der Waals surface area contributed by atoms with E-state index >= 15 is 0 Å². The smallest absolute Gasteiger partial charge is 0.125 e. The Morgan fingerprint density at radius 1 is 1.17 bits per heavy atom. The highest BCUT2D eigenvalue weighted by molar-refractivity contribution is 5.93. The lowest BCUT2D eigenvalue weighted by atomic mass is 10.0. The molecular formula is C20H20FN3. The fourth-order valence-electron chi connectivity index (χ4n) is 4.29. The molecule has 0 radical (unpaired) electrons. The quantitative estimate of drug-likeness (QED) is 0.675. The summed E-state index contributed by atoms with van der Waals surface area (Å²) in [6.45, 7) is 4.92. The van der Waals surface area contributed by atoms with Gasteiger partial charge >= 0.3 is 0 Å². The van der Waals surface area contributed by atoms with Crippen LogP contribution in [0.5, 0.6) is 0 Å². The van der Waals surface area contributed by atoms with E-state index in [0.29, 0.717) is 0 Å². The zero-order valence-electron chi connectivity index (χ0n) is 14.0. The molecule has 0 saturated heterocycles. The lowest BCUT2D eigenvalue weighted by molar-refractivity contribution is 0.311. The Bertz CT molecular complexity index is 986. The first-order valence-corrected chi connectivity index (χ1v) is 8.50. The lowest BCUT2D eigenvalue weighted by Crippen LogP contribution is -2.27. The largest absolute Gasteiger partial charge is 0.379 e. The van der Waals surface area contributed by atoms with Crippen molar-refractivity contribution in [3.05, 3.63) is 58.5 Å². The van der Waals surface area contributed by atoms with E-state index in [0.717, 1.165) is 37.4 Å². The first-order valence-electron chi connectivity index (χ1n) is 8.50. The topological polar surface area (TPSA) is 20.2 Å². The maximum atomic E-state index is 13.8. The van der Waals surface area contributed by atoms with E-state index in [-0.39, 0.29) is 5.82 Å². The molecule has 0 aliphatic carbocycles. The van der Waals surface area contributed by atoms with Gasteiger partial charge in [-0.25, -0.2) is 4.39 Å². The SMILES string of the molecule is Cc1cc2c3c(c1)c1c(n3-c3ccc(F)cc3NC2)CCN(C)C1. The van der Waals surface area contributed by atoms with Crippen LogP contribution >= 0.6 is 0 Å². The Kier molecular flexibility index (Phi) is 2.83. The van der Waals surface area contributed by atoms with Crippen LogP contribution in [0, 0.1) is 12.7 Å². The number of halogens is 1. The molecule has 122 valence electrons. The highest BCUT2D eigenvalue weighted by Gasteiger charge is 2.27. The summed E-state index contributed by atoms with van der Waals surface area (Å²) in [5.74, 6) is -0.194. The van der Waals surface area contributed by atoms with Crippen molar-refractivity contribution in [1.29, 1.82) is 0 Å². The van der Waals surface area contributed by atoms with Crippen LogP contribution in [-0.4, -0.2) is 23.1 Å². The predicted molar refractivity (Wildman–Crippen MR) is 95.3 cm³/mol. The van der Waals surface area contributed by atoms with Crippen molar-refractivity contribution >= 4 is 16.6 Å². The van der Waals surface area contributed by atoms with Crippen molar-refractivity contribution < 1.29 is 4.39 Å². The molecule has 3 heterocycles. The molecule has 3 nitrogen and oxygen atoms in total. The molecule has 4 heteroatoms. The zero-order chi connectivity index (χ0) is 16.4. The average Bonchev–Trinajstić information content (AvgIpc) is 2.76. The van der Waals surface area contributed by atoms with Gasteiger partial charge in [-0.05, 0) is 49.4 Å². The van der Waals surface area contributed by atoms with Crippen molar-refractivity contribution in [2.75, 3.05) is 18.9 Å². The van der Waals surface area contributed by atoms with Crippen molar-refractivity contribution in [3.63, 3.8) is 0 Å². The van der Waals surface area contributed by atoms with E-state index < -0.39 is 0 Å². The Balaban J connectivity index is 1.92. The number of hydrogen-bond donors (Lipinski definition) is 1. The maximum absolute atomic E-state index is 13.8. The molecule has 5 rings (SSSR count). The molecule has 0 saturated carbocycles.